The van der Waals surface area contributed by atoms with Crippen molar-refractivity contribution in [2.45, 2.75) is 25.3 Å². The summed E-state index contributed by atoms with van der Waals surface area (Å²) >= 11 is 2.02. The summed E-state index contributed by atoms with van der Waals surface area (Å²) in [4.78, 5) is 0. The van der Waals surface area contributed by atoms with Crippen LogP contribution < -0.4 is 0 Å². The van der Waals surface area contributed by atoms with Crippen LogP contribution in [-0.2, 0) is 6.42 Å². The predicted molar refractivity (Wildman–Crippen MR) is 57.1 cm³/mol. The van der Waals surface area contributed by atoms with Gasteiger partial charge in [0.15, 0.2) is 0 Å². The molecule has 74 valence electrons. The van der Waals surface area contributed by atoms with Crippen LogP contribution in [0.25, 0.3) is 0 Å². The van der Waals surface area contributed by atoms with E-state index in [4.69, 9.17) is 5.26 Å². The highest BCUT2D eigenvalue weighted by atomic mass is 32.2. The van der Waals surface area contributed by atoms with E-state index in [0.29, 0.717) is 12.5 Å². The number of hydrogen-bond acceptors (Lipinski definition) is 3. The van der Waals surface area contributed by atoms with Crippen LogP contribution in [-0.4, -0.2) is 21.3 Å². The van der Waals surface area contributed by atoms with Gasteiger partial charge in [0, 0.05) is 11.8 Å². The van der Waals surface area contributed by atoms with Gasteiger partial charge in [-0.15, -0.1) is 0 Å². The minimum absolute atomic E-state index is 0.474. The first-order valence-electron chi connectivity index (χ1n) is 4.88. The average molecular weight is 207 g/mol. The highest BCUT2D eigenvalue weighted by Gasteiger charge is 2.15. The lowest BCUT2D eigenvalue weighted by molar-refractivity contribution is 0.426. The van der Waals surface area contributed by atoms with Crippen LogP contribution in [0.2, 0.25) is 0 Å². The van der Waals surface area contributed by atoms with Crippen LogP contribution in [0.3, 0.4) is 0 Å². The van der Waals surface area contributed by atoms with E-state index in [-0.39, 0.29) is 0 Å². The van der Waals surface area contributed by atoms with Crippen LogP contribution >= 0.6 is 11.8 Å². The molecule has 1 saturated heterocycles. The fourth-order valence-corrected chi connectivity index (χ4v) is 2.79. The molecular weight excluding hydrogens is 194 g/mol. The van der Waals surface area contributed by atoms with E-state index in [1.165, 1.54) is 24.3 Å². The topological polar surface area (TPSA) is 41.6 Å². The van der Waals surface area contributed by atoms with Gasteiger partial charge < -0.3 is 0 Å². The average Bonchev–Trinajstić information content (AvgIpc) is 2.68. The van der Waals surface area contributed by atoms with Gasteiger partial charge in [0.1, 0.15) is 0 Å². The molecule has 0 spiro atoms. The Morgan fingerprint density at radius 1 is 1.57 bits per heavy atom. The van der Waals surface area contributed by atoms with Crippen molar-refractivity contribution < 1.29 is 0 Å². The first-order chi connectivity index (χ1) is 6.90. The van der Waals surface area contributed by atoms with Crippen molar-refractivity contribution in [3.05, 3.63) is 18.0 Å². The maximum atomic E-state index is 8.55. The summed E-state index contributed by atoms with van der Waals surface area (Å²) < 4.78 is 2.03. The molecule has 0 radical (unpaired) electrons. The van der Waals surface area contributed by atoms with E-state index in [1.54, 1.807) is 0 Å². The van der Waals surface area contributed by atoms with Gasteiger partial charge in [-0.05, 0) is 24.3 Å². The largest absolute Gasteiger partial charge is 0.269 e. The first kappa shape index (κ1) is 9.60. The molecule has 1 aromatic rings. The summed E-state index contributed by atoms with van der Waals surface area (Å²) in [6.07, 6.45) is 6.72. The molecule has 1 aliphatic heterocycles. The van der Waals surface area contributed by atoms with Crippen molar-refractivity contribution in [1.82, 2.24) is 9.78 Å². The third-order valence-electron chi connectivity index (χ3n) is 2.50. The van der Waals surface area contributed by atoms with Gasteiger partial charge in [0.2, 0.25) is 0 Å². The Morgan fingerprint density at radius 2 is 2.36 bits per heavy atom. The quantitative estimate of drug-likeness (QED) is 0.745. The molecule has 0 aromatic carbocycles. The van der Waals surface area contributed by atoms with Gasteiger partial charge in [-0.1, -0.05) is 0 Å². The minimum Gasteiger partial charge on any atom is -0.269 e. The van der Waals surface area contributed by atoms with Crippen LogP contribution in [0, 0.1) is 11.3 Å². The molecule has 2 rings (SSSR count). The van der Waals surface area contributed by atoms with Crippen LogP contribution in [0.15, 0.2) is 12.4 Å². The van der Waals surface area contributed by atoms with E-state index in [2.05, 4.69) is 11.2 Å². The monoisotopic (exact) mass is 207 g/mol. The molecule has 0 aliphatic carbocycles. The Hall–Kier alpha value is -0.950. The highest BCUT2D eigenvalue weighted by Crippen LogP contribution is 2.26. The van der Waals surface area contributed by atoms with Gasteiger partial charge in [0.25, 0.3) is 0 Å². The van der Waals surface area contributed by atoms with E-state index >= 15 is 0 Å². The number of thioether (sulfide) groups is 1. The van der Waals surface area contributed by atoms with E-state index in [1.807, 2.05) is 28.8 Å². The number of nitrogens with zero attached hydrogens (tertiary/aromatic N) is 3. The van der Waals surface area contributed by atoms with Crippen molar-refractivity contribution in [3.8, 4) is 6.07 Å². The molecule has 0 saturated carbocycles. The van der Waals surface area contributed by atoms with Gasteiger partial charge in [-0.25, -0.2) is 0 Å². The third kappa shape index (κ3) is 2.10. The minimum atomic E-state index is 0.474. The van der Waals surface area contributed by atoms with Crippen LogP contribution in [0.4, 0.5) is 0 Å². The van der Waals surface area contributed by atoms with Crippen molar-refractivity contribution >= 4 is 11.8 Å². The van der Waals surface area contributed by atoms with Crippen molar-refractivity contribution in [3.63, 3.8) is 0 Å². The lowest BCUT2D eigenvalue weighted by atomic mass is 10.1. The Labute approximate surface area is 88.1 Å². The molecule has 4 heteroatoms. The number of aromatic nitrogens is 2. The van der Waals surface area contributed by atoms with Crippen molar-refractivity contribution in [1.29, 1.82) is 5.26 Å². The predicted octanol–water partition coefficient (Wildman–Crippen LogP) is 2.02. The zero-order chi connectivity index (χ0) is 9.80. The van der Waals surface area contributed by atoms with Crippen molar-refractivity contribution in [2.75, 3.05) is 11.5 Å². The van der Waals surface area contributed by atoms with Gasteiger partial charge in [-0.3, -0.25) is 4.68 Å². The first-order valence-corrected chi connectivity index (χ1v) is 6.03. The van der Waals surface area contributed by atoms with E-state index < -0.39 is 0 Å². The molecule has 0 amide bonds. The maximum absolute atomic E-state index is 8.55. The van der Waals surface area contributed by atoms with Gasteiger partial charge in [0.05, 0.1) is 24.7 Å². The summed E-state index contributed by atoms with van der Waals surface area (Å²) in [7, 11) is 0. The summed E-state index contributed by atoms with van der Waals surface area (Å²) in [5, 5.41) is 12.9. The van der Waals surface area contributed by atoms with E-state index in [0.717, 1.165) is 5.56 Å². The summed E-state index contributed by atoms with van der Waals surface area (Å²) in [5.41, 5.74) is 1.03. The Bertz CT molecular complexity index is 333. The second-order valence-electron chi connectivity index (χ2n) is 3.51. The van der Waals surface area contributed by atoms with Crippen LogP contribution in [0.1, 0.15) is 24.4 Å². The molecule has 0 N–H and O–H groups in total. The fourth-order valence-electron chi connectivity index (χ4n) is 1.71. The zero-order valence-corrected chi connectivity index (χ0v) is 8.83. The molecule has 1 fully saturated rings. The summed E-state index contributed by atoms with van der Waals surface area (Å²) in [5.74, 6) is 2.47. The van der Waals surface area contributed by atoms with Crippen molar-refractivity contribution in [2.24, 2.45) is 0 Å². The second-order valence-corrected chi connectivity index (χ2v) is 4.73. The zero-order valence-electron chi connectivity index (χ0n) is 8.02. The van der Waals surface area contributed by atoms with Gasteiger partial charge >= 0.3 is 0 Å². The summed E-state index contributed by atoms with van der Waals surface area (Å²) in [6, 6.07) is 2.70. The Morgan fingerprint density at radius 3 is 3.07 bits per heavy atom. The molecule has 0 unspecified atom stereocenters. The third-order valence-corrected chi connectivity index (χ3v) is 3.55. The molecule has 0 atom stereocenters. The Kier molecular flexibility index (Phi) is 3.10. The molecule has 2 heterocycles. The molecule has 3 nitrogen and oxygen atoms in total. The lowest BCUT2D eigenvalue weighted by Gasteiger charge is -2.21. The van der Waals surface area contributed by atoms with Gasteiger partial charge in [-0.2, -0.15) is 22.1 Å². The van der Waals surface area contributed by atoms with Crippen LogP contribution in [0.5, 0.6) is 0 Å². The maximum Gasteiger partial charge on any atom is 0.0670 e. The molecular formula is C10H13N3S. The number of rotatable bonds is 2. The SMILES string of the molecule is N#CCc1cnn(C2CCSCC2)c1. The second kappa shape index (κ2) is 4.52. The van der Waals surface area contributed by atoms with E-state index in [9.17, 15) is 0 Å². The Balaban J connectivity index is 2.04. The number of hydrogen-bond donors (Lipinski definition) is 0. The molecule has 14 heavy (non-hydrogen) atoms. The molecule has 0 bridgehead atoms. The standard InChI is InChI=1S/C10H13N3S/c11-4-1-9-7-12-13(8-9)10-2-5-14-6-3-10/h7-8,10H,1-3,5-6H2. The lowest BCUT2D eigenvalue weighted by Crippen LogP contribution is -2.15. The molecule has 1 aromatic heterocycles. The normalized spacial score (nSPS) is 17.9. The fraction of sp³-hybridized carbons (Fsp3) is 0.600. The molecule has 1 aliphatic rings. The summed E-state index contributed by atoms with van der Waals surface area (Å²) in [6.45, 7) is 0. The smallest absolute Gasteiger partial charge is 0.0670 e. The highest BCUT2D eigenvalue weighted by molar-refractivity contribution is 7.99. The number of nitriles is 1.